The van der Waals surface area contributed by atoms with Crippen molar-refractivity contribution in [1.82, 2.24) is 10.4 Å². The van der Waals surface area contributed by atoms with Gasteiger partial charge >= 0.3 is 0 Å². The molecule has 0 bridgehead atoms. The number of nitrogens with one attached hydrogen (secondary N) is 1. The summed E-state index contributed by atoms with van der Waals surface area (Å²) in [6.45, 7) is 9.04. The SMILES string of the molecule is Cc1ccc(C(=O)N2N[C@H](c3ccccc3)[C@H]3[C@@H]2[C@H](C(C)C)CC[C@H]3C)cc1. The van der Waals surface area contributed by atoms with Crippen molar-refractivity contribution in [1.29, 1.82) is 0 Å². The Balaban J connectivity index is 1.74. The van der Waals surface area contributed by atoms with E-state index in [4.69, 9.17) is 0 Å². The Morgan fingerprint density at radius 1 is 1.04 bits per heavy atom. The minimum absolute atomic E-state index is 0.105. The zero-order valence-electron chi connectivity index (χ0n) is 17.4. The molecule has 2 aromatic carbocycles. The van der Waals surface area contributed by atoms with E-state index in [9.17, 15) is 4.79 Å². The second-order valence-corrected chi connectivity index (χ2v) is 9.09. The molecular formula is C25H32N2O. The predicted molar refractivity (Wildman–Crippen MR) is 114 cm³/mol. The Labute approximate surface area is 169 Å². The number of carbonyl (C=O) groups excluding carboxylic acids is 1. The van der Waals surface area contributed by atoms with Gasteiger partial charge in [0.1, 0.15) is 0 Å². The number of amides is 1. The van der Waals surface area contributed by atoms with Crippen LogP contribution >= 0.6 is 0 Å². The summed E-state index contributed by atoms with van der Waals surface area (Å²) in [7, 11) is 0. The van der Waals surface area contributed by atoms with Crippen LogP contribution in [0, 0.1) is 30.6 Å². The first-order valence-corrected chi connectivity index (χ1v) is 10.7. The maximum Gasteiger partial charge on any atom is 0.268 e. The summed E-state index contributed by atoms with van der Waals surface area (Å²) in [4.78, 5) is 13.5. The van der Waals surface area contributed by atoms with E-state index in [1.54, 1.807) is 0 Å². The smallest absolute Gasteiger partial charge is 0.268 e. The Bertz CT molecular complexity index is 814. The summed E-state index contributed by atoms with van der Waals surface area (Å²) >= 11 is 0. The molecule has 3 nitrogen and oxygen atoms in total. The van der Waals surface area contributed by atoms with Crippen molar-refractivity contribution >= 4 is 5.91 Å². The molecule has 0 spiro atoms. The van der Waals surface area contributed by atoms with Crippen LogP contribution in [-0.4, -0.2) is 17.0 Å². The van der Waals surface area contributed by atoms with Gasteiger partial charge in [0.25, 0.3) is 5.91 Å². The van der Waals surface area contributed by atoms with E-state index in [0.717, 1.165) is 5.56 Å². The van der Waals surface area contributed by atoms with Gasteiger partial charge in [-0.3, -0.25) is 9.80 Å². The molecule has 28 heavy (non-hydrogen) atoms. The Hall–Kier alpha value is -2.13. The topological polar surface area (TPSA) is 32.3 Å². The maximum atomic E-state index is 13.5. The lowest BCUT2D eigenvalue weighted by Gasteiger charge is -2.43. The van der Waals surface area contributed by atoms with E-state index < -0.39 is 0 Å². The van der Waals surface area contributed by atoms with Crippen LogP contribution in [0.2, 0.25) is 0 Å². The number of rotatable bonds is 3. The zero-order chi connectivity index (χ0) is 19.8. The highest BCUT2D eigenvalue weighted by Crippen LogP contribution is 2.49. The summed E-state index contributed by atoms with van der Waals surface area (Å²) in [5.41, 5.74) is 6.89. The van der Waals surface area contributed by atoms with Gasteiger partial charge in [0.2, 0.25) is 0 Å². The van der Waals surface area contributed by atoms with Crippen LogP contribution in [0.3, 0.4) is 0 Å². The first-order chi connectivity index (χ1) is 13.5. The van der Waals surface area contributed by atoms with E-state index in [1.807, 2.05) is 29.3 Å². The van der Waals surface area contributed by atoms with Crippen LogP contribution in [0.15, 0.2) is 54.6 Å². The van der Waals surface area contributed by atoms with Crippen molar-refractivity contribution in [3.05, 3.63) is 71.3 Å². The van der Waals surface area contributed by atoms with Crippen LogP contribution in [0.1, 0.15) is 61.1 Å². The highest BCUT2D eigenvalue weighted by molar-refractivity contribution is 5.94. The fourth-order valence-electron chi connectivity index (χ4n) is 5.37. The third-order valence-electron chi connectivity index (χ3n) is 6.94. The predicted octanol–water partition coefficient (Wildman–Crippen LogP) is 5.38. The maximum absolute atomic E-state index is 13.5. The Morgan fingerprint density at radius 2 is 1.71 bits per heavy atom. The molecule has 2 fully saturated rings. The molecule has 0 radical (unpaired) electrons. The Morgan fingerprint density at radius 3 is 2.36 bits per heavy atom. The molecule has 1 saturated carbocycles. The van der Waals surface area contributed by atoms with Gasteiger partial charge in [-0.1, -0.05) is 68.8 Å². The molecule has 1 N–H and O–H groups in total. The van der Waals surface area contributed by atoms with Crippen molar-refractivity contribution in [2.45, 2.75) is 52.6 Å². The minimum Gasteiger partial charge on any atom is -0.270 e. The molecule has 1 saturated heterocycles. The Kier molecular flexibility index (Phi) is 5.29. The number of hydrogen-bond donors (Lipinski definition) is 1. The monoisotopic (exact) mass is 376 g/mol. The average Bonchev–Trinajstić information content (AvgIpc) is 3.10. The van der Waals surface area contributed by atoms with Gasteiger partial charge in [-0.2, -0.15) is 0 Å². The van der Waals surface area contributed by atoms with E-state index in [0.29, 0.717) is 23.7 Å². The van der Waals surface area contributed by atoms with Gasteiger partial charge in [0.05, 0.1) is 12.1 Å². The van der Waals surface area contributed by atoms with Crippen LogP contribution in [-0.2, 0) is 0 Å². The molecule has 4 rings (SSSR count). The molecular weight excluding hydrogens is 344 g/mol. The molecule has 1 amide bonds. The molecule has 1 aliphatic heterocycles. The number of hydrogen-bond acceptors (Lipinski definition) is 2. The second-order valence-electron chi connectivity index (χ2n) is 9.09. The van der Waals surface area contributed by atoms with Crippen LogP contribution in [0.5, 0.6) is 0 Å². The van der Waals surface area contributed by atoms with E-state index >= 15 is 0 Å². The van der Waals surface area contributed by atoms with Gasteiger partial charge < -0.3 is 0 Å². The number of nitrogens with zero attached hydrogens (tertiary/aromatic N) is 1. The highest BCUT2D eigenvalue weighted by Gasteiger charge is 2.52. The lowest BCUT2D eigenvalue weighted by molar-refractivity contribution is 0.0338. The second kappa shape index (κ2) is 7.71. The van der Waals surface area contributed by atoms with Crippen molar-refractivity contribution < 1.29 is 4.79 Å². The first-order valence-electron chi connectivity index (χ1n) is 10.7. The van der Waals surface area contributed by atoms with Gasteiger partial charge in [-0.25, -0.2) is 5.43 Å². The molecule has 1 heterocycles. The standard InChI is InChI=1S/C25H32N2O/c1-16(2)21-15-12-18(4)22-23(19-8-6-5-7-9-19)26-27(24(21)22)25(28)20-13-10-17(3)11-14-20/h5-11,13-14,16,18,21-24,26H,12,15H2,1-4H3/t18-,21+,22+,23-,24+/m1/s1. The summed E-state index contributed by atoms with van der Waals surface area (Å²) < 4.78 is 0. The van der Waals surface area contributed by atoms with Gasteiger partial charge in [0, 0.05) is 11.5 Å². The molecule has 2 aliphatic rings. The summed E-state index contributed by atoms with van der Waals surface area (Å²) in [6.07, 6.45) is 2.43. The number of benzene rings is 2. The van der Waals surface area contributed by atoms with Crippen LogP contribution in [0.25, 0.3) is 0 Å². The quantitative estimate of drug-likeness (QED) is 0.779. The van der Waals surface area contributed by atoms with Gasteiger partial charge in [-0.05, 0) is 55.2 Å². The third-order valence-corrected chi connectivity index (χ3v) is 6.94. The normalized spacial score (nSPS) is 29.8. The average molecular weight is 377 g/mol. The van der Waals surface area contributed by atoms with Crippen LogP contribution < -0.4 is 5.43 Å². The summed E-state index contributed by atoms with van der Waals surface area (Å²) in [6, 6.07) is 19.1. The fourth-order valence-corrected chi connectivity index (χ4v) is 5.37. The number of aryl methyl sites for hydroxylation is 1. The van der Waals surface area contributed by atoms with Crippen molar-refractivity contribution in [2.24, 2.45) is 23.7 Å². The number of hydrazine groups is 1. The van der Waals surface area contributed by atoms with E-state index in [2.05, 4.69) is 63.5 Å². The molecule has 5 atom stereocenters. The molecule has 0 aromatic heterocycles. The summed E-state index contributed by atoms with van der Waals surface area (Å²) in [5.74, 6) is 2.22. The number of carbonyl (C=O) groups is 1. The summed E-state index contributed by atoms with van der Waals surface area (Å²) in [5, 5.41) is 1.99. The van der Waals surface area contributed by atoms with Gasteiger partial charge in [0.15, 0.2) is 0 Å². The van der Waals surface area contributed by atoms with E-state index in [-0.39, 0.29) is 18.0 Å². The van der Waals surface area contributed by atoms with Gasteiger partial charge in [-0.15, -0.1) is 0 Å². The van der Waals surface area contributed by atoms with Crippen LogP contribution in [0.4, 0.5) is 0 Å². The van der Waals surface area contributed by atoms with E-state index in [1.165, 1.54) is 24.0 Å². The largest absolute Gasteiger partial charge is 0.270 e. The van der Waals surface area contributed by atoms with Crippen molar-refractivity contribution in [3.63, 3.8) is 0 Å². The third kappa shape index (κ3) is 3.37. The van der Waals surface area contributed by atoms with Crippen molar-refractivity contribution in [3.8, 4) is 0 Å². The lowest BCUT2D eigenvalue weighted by atomic mass is 9.65. The molecule has 148 valence electrons. The first kappa shape index (κ1) is 19.2. The fraction of sp³-hybridized carbons (Fsp3) is 0.480. The molecule has 3 heteroatoms. The van der Waals surface area contributed by atoms with Crippen molar-refractivity contribution in [2.75, 3.05) is 0 Å². The molecule has 0 unspecified atom stereocenters. The molecule has 2 aromatic rings. The molecule has 1 aliphatic carbocycles. The lowest BCUT2D eigenvalue weighted by Crippen LogP contribution is -2.50. The number of fused-ring (bicyclic) bond motifs is 1. The highest BCUT2D eigenvalue weighted by atomic mass is 16.2. The minimum atomic E-state index is 0.105. The zero-order valence-corrected chi connectivity index (χ0v) is 17.4.